The van der Waals surface area contributed by atoms with Crippen LogP contribution in [0, 0.1) is 0 Å². The van der Waals surface area contributed by atoms with Gasteiger partial charge in [0.15, 0.2) is 0 Å². The quantitative estimate of drug-likeness (QED) is 0.448. The van der Waals surface area contributed by atoms with Crippen molar-refractivity contribution in [1.82, 2.24) is 0 Å². The molecule has 0 bridgehead atoms. The molecule has 2 atom stereocenters. The lowest BCUT2D eigenvalue weighted by atomic mass is 10.1. The van der Waals surface area contributed by atoms with Gasteiger partial charge in [0.2, 0.25) is 0 Å². The maximum atomic E-state index is 11.0. The van der Waals surface area contributed by atoms with Crippen LogP contribution in [0.25, 0.3) is 0 Å². The van der Waals surface area contributed by atoms with Crippen molar-refractivity contribution in [2.75, 3.05) is 0 Å². The molecule has 0 aromatic heterocycles. The first-order valence-corrected chi connectivity index (χ1v) is 5.59. The Hall–Kier alpha value is -1.02. The molecule has 1 aromatic carbocycles. The van der Waals surface area contributed by atoms with Gasteiger partial charge in [-0.25, -0.2) is 0 Å². The molecule has 0 saturated heterocycles. The van der Waals surface area contributed by atoms with E-state index in [1.54, 1.807) is 6.92 Å². The second kappa shape index (κ2) is 4.23. The van der Waals surface area contributed by atoms with E-state index in [1.165, 1.54) is 5.56 Å². The lowest BCUT2D eigenvalue weighted by Gasteiger charge is -2.03. The van der Waals surface area contributed by atoms with Crippen LogP contribution < -0.4 is 4.74 Å². The largest absolute Gasteiger partial charge is 0.427 e. The molecular weight excluding hydrogens is 212 g/mol. The van der Waals surface area contributed by atoms with Gasteiger partial charge in [0, 0.05) is 17.7 Å². The van der Waals surface area contributed by atoms with Gasteiger partial charge in [-0.15, -0.1) is 11.6 Å². The maximum absolute atomic E-state index is 11.0. The van der Waals surface area contributed by atoms with Crippen LogP contribution in [0.2, 0.25) is 0 Å². The molecular formula is C12H13ClO2. The fraction of sp³-hybridized carbons (Fsp3) is 0.417. The summed E-state index contributed by atoms with van der Waals surface area (Å²) in [5.41, 5.74) is 1.23. The number of hydrogen-bond acceptors (Lipinski definition) is 2. The zero-order valence-electron chi connectivity index (χ0n) is 8.57. The van der Waals surface area contributed by atoms with Crippen LogP contribution in [-0.4, -0.2) is 11.3 Å². The van der Waals surface area contributed by atoms with Gasteiger partial charge in [0.1, 0.15) is 5.75 Å². The van der Waals surface area contributed by atoms with Crippen LogP contribution in [0.5, 0.6) is 5.75 Å². The van der Waals surface area contributed by atoms with Gasteiger partial charge in [-0.1, -0.05) is 19.1 Å². The summed E-state index contributed by atoms with van der Waals surface area (Å²) in [5.74, 6) is 0.893. The summed E-state index contributed by atoms with van der Waals surface area (Å²) in [7, 11) is 0. The zero-order chi connectivity index (χ0) is 10.8. The van der Waals surface area contributed by atoms with E-state index in [9.17, 15) is 4.79 Å². The third-order valence-corrected chi connectivity index (χ3v) is 3.02. The lowest BCUT2D eigenvalue weighted by molar-refractivity contribution is -0.134. The van der Waals surface area contributed by atoms with Crippen molar-refractivity contribution < 1.29 is 9.53 Å². The lowest BCUT2D eigenvalue weighted by Crippen LogP contribution is -2.05. The highest BCUT2D eigenvalue weighted by molar-refractivity contribution is 6.23. The Labute approximate surface area is 94.2 Å². The van der Waals surface area contributed by atoms with E-state index >= 15 is 0 Å². The minimum atomic E-state index is -0.204. The third-order valence-electron chi connectivity index (χ3n) is 2.54. The summed E-state index contributed by atoms with van der Waals surface area (Å²) in [6.07, 6.45) is 1.45. The van der Waals surface area contributed by atoms with Gasteiger partial charge < -0.3 is 4.74 Å². The monoisotopic (exact) mass is 224 g/mol. The molecule has 2 nitrogen and oxygen atoms in total. The Morgan fingerprint density at radius 3 is 2.53 bits per heavy atom. The van der Waals surface area contributed by atoms with Crippen LogP contribution in [0.4, 0.5) is 0 Å². The van der Waals surface area contributed by atoms with Gasteiger partial charge in [0.25, 0.3) is 0 Å². The van der Waals surface area contributed by atoms with Crippen LogP contribution >= 0.6 is 11.6 Å². The smallest absolute Gasteiger partial charge is 0.310 e. The van der Waals surface area contributed by atoms with Gasteiger partial charge in [0.05, 0.1) is 0 Å². The Balaban J connectivity index is 2.01. The van der Waals surface area contributed by atoms with E-state index < -0.39 is 0 Å². The minimum Gasteiger partial charge on any atom is -0.427 e. The van der Waals surface area contributed by atoms with Gasteiger partial charge >= 0.3 is 5.97 Å². The highest BCUT2D eigenvalue weighted by atomic mass is 35.5. The van der Waals surface area contributed by atoms with Crippen molar-refractivity contribution in [2.24, 2.45) is 0 Å². The highest BCUT2D eigenvalue weighted by Gasteiger charge is 2.36. The number of benzene rings is 1. The number of carbonyl (C=O) groups excluding carboxylic acids is 1. The summed E-state index contributed by atoms with van der Waals surface area (Å²) >= 11 is 5.95. The second-order valence-electron chi connectivity index (χ2n) is 3.75. The third kappa shape index (κ3) is 2.51. The first-order chi connectivity index (χ1) is 7.20. The molecule has 0 aliphatic heterocycles. The van der Waals surface area contributed by atoms with E-state index in [1.807, 2.05) is 24.3 Å². The Bertz CT molecular complexity index is 358. The normalized spacial score (nSPS) is 23.6. The van der Waals surface area contributed by atoms with Crippen LogP contribution in [-0.2, 0) is 4.79 Å². The average molecular weight is 225 g/mol. The van der Waals surface area contributed by atoms with Crippen molar-refractivity contribution in [2.45, 2.75) is 31.1 Å². The zero-order valence-corrected chi connectivity index (χ0v) is 9.33. The van der Waals surface area contributed by atoms with E-state index in [4.69, 9.17) is 16.3 Å². The van der Waals surface area contributed by atoms with Gasteiger partial charge in [-0.3, -0.25) is 4.79 Å². The van der Waals surface area contributed by atoms with Crippen molar-refractivity contribution in [3.63, 3.8) is 0 Å². The average Bonchev–Trinajstić information content (AvgIpc) is 2.96. The number of esters is 1. The molecule has 0 N–H and O–H groups in total. The van der Waals surface area contributed by atoms with Crippen LogP contribution in [0.1, 0.15) is 31.2 Å². The highest BCUT2D eigenvalue weighted by Crippen LogP contribution is 2.45. The molecule has 1 aliphatic rings. The molecule has 0 radical (unpaired) electrons. The number of rotatable bonds is 3. The van der Waals surface area contributed by atoms with E-state index in [0.717, 1.165) is 6.42 Å². The number of ether oxygens (including phenoxy) is 1. The summed E-state index contributed by atoms with van der Waals surface area (Å²) in [5, 5.41) is 0.286. The van der Waals surface area contributed by atoms with E-state index in [-0.39, 0.29) is 11.3 Å². The SMILES string of the molecule is CCC(=O)Oc1ccc(C2C[C@@H]2Cl)cc1. The van der Waals surface area contributed by atoms with Crippen LogP contribution in [0.15, 0.2) is 24.3 Å². The molecule has 1 unspecified atom stereocenters. The summed E-state index contributed by atoms with van der Waals surface area (Å²) < 4.78 is 5.07. The number of hydrogen-bond donors (Lipinski definition) is 0. The second-order valence-corrected chi connectivity index (χ2v) is 4.32. The topological polar surface area (TPSA) is 26.3 Å². The number of alkyl halides is 1. The van der Waals surface area contributed by atoms with Crippen molar-refractivity contribution in [3.8, 4) is 5.75 Å². The molecule has 0 amide bonds. The molecule has 1 saturated carbocycles. The predicted octanol–water partition coefficient (Wildman–Crippen LogP) is 3.10. The summed E-state index contributed by atoms with van der Waals surface area (Å²) in [6.45, 7) is 1.78. The Kier molecular flexibility index (Phi) is 2.96. The number of carbonyl (C=O) groups is 1. The Morgan fingerprint density at radius 1 is 1.47 bits per heavy atom. The first kappa shape index (κ1) is 10.5. The molecule has 2 rings (SSSR count). The summed E-state index contributed by atoms with van der Waals surface area (Å²) in [6, 6.07) is 7.60. The Morgan fingerprint density at radius 2 is 2.07 bits per heavy atom. The molecule has 3 heteroatoms. The molecule has 80 valence electrons. The first-order valence-electron chi connectivity index (χ1n) is 5.15. The van der Waals surface area contributed by atoms with Gasteiger partial charge in [-0.05, 0) is 24.1 Å². The molecule has 1 fully saturated rings. The van der Waals surface area contributed by atoms with E-state index in [2.05, 4.69) is 0 Å². The predicted molar refractivity (Wildman–Crippen MR) is 59.4 cm³/mol. The standard InChI is InChI=1S/C12H13ClO2/c1-2-12(14)15-9-5-3-8(4-6-9)10-7-11(10)13/h3-6,10-11H,2,7H2,1H3/t10?,11-/m0/s1. The molecule has 1 aromatic rings. The fourth-order valence-electron chi connectivity index (χ4n) is 1.50. The number of halogens is 1. The maximum Gasteiger partial charge on any atom is 0.310 e. The van der Waals surface area contributed by atoms with Crippen LogP contribution in [0.3, 0.4) is 0 Å². The molecule has 1 aliphatic carbocycles. The van der Waals surface area contributed by atoms with E-state index in [0.29, 0.717) is 18.1 Å². The van der Waals surface area contributed by atoms with Crippen molar-refractivity contribution in [3.05, 3.63) is 29.8 Å². The van der Waals surface area contributed by atoms with Crippen molar-refractivity contribution in [1.29, 1.82) is 0 Å². The summed E-state index contributed by atoms with van der Waals surface area (Å²) in [4.78, 5) is 11.0. The minimum absolute atomic E-state index is 0.204. The molecule has 0 spiro atoms. The molecule has 0 heterocycles. The molecule has 15 heavy (non-hydrogen) atoms. The van der Waals surface area contributed by atoms with Crippen molar-refractivity contribution >= 4 is 17.6 Å². The van der Waals surface area contributed by atoms with Gasteiger partial charge in [-0.2, -0.15) is 0 Å². The fourth-order valence-corrected chi connectivity index (χ4v) is 1.83.